The van der Waals surface area contributed by atoms with E-state index in [1.807, 2.05) is 54.6 Å². The second-order valence-electron chi connectivity index (χ2n) is 7.04. The zero-order chi connectivity index (χ0) is 22.3. The summed E-state index contributed by atoms with van der Waals surface area (Å²) in [5.74, 6) is 0.432. The fourth-order valence-corrected chi connectivity index (χ4v) is 3.03. The van der Waals surface area contributed by atoms with Gasteiger partial charge >= 0.3 is 0 Å². The van der Waals surface area contributed by atoms with Crippen LogP contribution >= 0.6 is 0 Å². The van der Waals surface area contributed by atoms with Gasteiger partial charge in [0, 0.05) is 28.2 Å². The fraction of sp³-hybridized carbons (Fsp3) is 0. The van der Waals surface area contributed by atoms with Crippen LogP contribution in [-0.2, 0) is 0 Å². The van der Waals surface area contributed by atoms with Crippen LogP contribution in [0.3, 0.4) is 0 Å². The Balaban J connectivity index is 1.34. The van der Waals surface area contributed by atoms with Crippen LogP contribution in [0.5, 0.6) is 11.5 Å². The Kier molecular flexibility index (Phi) is 6.13. The molecule has 0 atom stereocenters. The molecule has 6 nitrogen and oxygen atoms in total. The highest BCUT2D eigenvalue weighted by Gasteiger charge is 2.07. The van der Waals surface area contributed by atoms with Crippen LogP contribution in [0.15, 0.2) is 103 Å². The summed E-state index contributed by atoms with van der Waals surface area (Å²) in [4.78, 5) is 23.7. The van der Waals surface area contributed by atoms with E-state index in [1.54, 1.807) is 48.5 Å². The monoisotopic (exact) mass is 423 g/mol. The molecular weight excluding hydrogens is 402 g/mol. The van der Waals surface area contributed by atoms with Crippen LogP contribution in [0, 0.1) is 0 Å². The third-order valence-corrected chi connectivity index (χ3v) is 4.70. The normalized spacial score (nSPS) is 10.2. The molecule has 0 bridgehead atoms. The Morgan fingerprint density at radius 2 is 1.09 bits per heavy atom. The maximum absolute atomic E-state index is 12.5. The Labute approximate surface area is 185 Å². The van der Waals surface area contributed by atoms with E-state index in [2.05, 4.69) is 10.6 Å². The number of anilines is 3. The predicted octanol–water partition coefficient (Wildman–Crippen LogP) is 5.57. The number of nitrogens with two attached hydrogens (primary N) is 1. The minimum absolute atomic E-state index is 0.217. The van der Waals surface area contributed by atoms with Crippen molar-refractivity contribution in [1.82, 2.24) is 0 Å². The number of benzene rings is 4. The number of primary amides is 1. The summed E-state index contributed by atoms with van der Waals surface area (Å²) in [6.07, 6.45) is 0. The average molecular weight is 423 g/mol. The van der Waals surface area contributed by atoms with Gasteiger partial charge in [0.1, 0.15) is 11.5 Å². The zero-order valence-corrected chi connectivity index (χ0v) is 17.1. The lowest BCUT2D eigenvalue weighted by atomic mass is 10.2. The van der Waals surface area contributed by atoms with Crippen molar-refractivity contribution in [3.63, 3.8) is 0 Å². The van der Waals surface area contributed by atoms with E-state index in [4.69, 9.17) is 10.5 Å². The van der Waals surface area contributed by atoms with Gasteiger partial charge in [-0.1, -0.05) is 18.2 Å². The van der Waals surface area contributed by atoms with E-state index in [0.29, 0.717) is 28.3 Å². The van der Waals surface area contributed by atoms with Crippen LogP contribution in [0.25, 0.3) is 0 Å². The molecule has 0 unspecified atom stereocenters. The Morgan fingerprint density at radius 3 is 1.66 bits per heavy atom. The minimum Gasteiger partial charge on any atom is -0.457 e. The van der Waals surface area contributed by atoms with Gasteiger partial charge < -0.3 is 21.1 Å². The molecule has 0 saturated carbocycles. The summed E-state index contributed by atoms with van der Waals surface area (Å²) in [6, 6.07) is 30.7. The summed E-state index contributed by atoms with van der Waals surface area (Å²) in [5, 5.41) is 6.19. The number of hydrogen-bond acceptors (Lipinski definition) is 4. The Morgan fingerprint density at radius 1 is 0.594 bits per heavy atom. The number of rotatable bonds is 7. The van der Waals surface area contributed by atoms with Crippen LogP contribution in [0.1, 0.15) is 20.7 Å². The molecule has 32 heavy (non-hydrogen) atoms. The molecule has 4 aromatic carbocycles. The maximum Gasteiger partial charge on any atom is 0.255 e. The molecule has 4 aromatic rings. The molecule has 0 aromatic heterocycles. The number of nitrogens with one attached hydrogen (secondary N) is 2. The second kappa shape index (κ2) is 9.49. The first-order chi connectivity index (χ1) is 15.6. The number of carbonyl (C=O) groups is 2. The molecule has 0 radical (unpaired) electrons. The fourth-order valence-electron chi connectivity index (χ4n) is 3.03. The van der Waals surface area contributed by atoms with Crippen molar-refractivity contribution < 1.29 is 14.3 Å². The lowest BCUT2D eigenvalue weighted by Crippen LogP contribution is -2.11. The van der Waals surface area contributed by atoms with Crippen LogP contribution in [-0.4, -0.2) is 11.8 Å². The second-order valence-corrected chi connectivity index (χ2v) is 7.04. The van der Waals surface area contributed by atoms with Gasteiger partial charge in [0.05, 0.1) is 0 Å². The highest BCUT2D eigenvalue weighted by atomic mass is 16.5. The summed E-state index contributed by atoms with van der Waals surface area (Å²) in [7, 11) is 0. The lowest BCUT2D eigenvalue weighted by Gasteiger charge is -2.10. The molecule has 6 heteroatoms. The highest BCUT2D eigenvalue weighted by molar-refractivity contribution is 6.04. The van der Waals surface area contributed by atoms with Gasteiger partial charge in [0.2, 0.25) is 5.91 Å². The van der Waals surface area contributed by atoms with E-state index >= 15 is 0 Å². The van der Waals surface area contributed by atoms with Gasteiger partial charge in [-0.05, 0) is 84.9 Å². The van der Waals surface area contributed by atoms with Crippen LogP contribution < -0.4 is 21.1 Å². The maximum atomic E-state index is 12.5. The number of amides is 2. The lowest BCUT2D eigenvalue weighted by molar-refractivity contribution is 0.0997. The number of hydrogen-bond donors (Lipinski definition) is 3. The van der Waals surface area contributed by atoms with Gasteiger partial charge in [0.25, 0.3) is 5.91 Å². The van der Waals surface area contributed by atoms with Crippen molar-refractivity contribution in [2.75, 3.05) is 10.6 Å². The summed E-state index contributed by atoms with van der Waals surface area (Å²) in [5.41, 5.74) is 8.78. The van der Waals surface area contributed by atoms with Gasteiger partial charge in [-0.3, -0.25) is 9.59 Å². The number of carbonyl (C=O) groups excluding carboxylic acids is 2. The molecule has 0 saturated heterocycles. The van der Waals surface area contributed by atoms with Crippen molar-refractivity contribution in [1.29, 1.82) is 0 Å². The van der Waals surface area contributed by atoms with Gasteiger partial charge in [-0.25, -0.2) is 0 Å². The van der Waals surface area contributed by atoms with Gasteiger partial charge in [-0.15, -0.1) is 0 Å². The number of ether oxygens (including phenoxy) is 1. The van der Waals surface area contributed by atoms with Crippen LogP contribution in [0.4, 0.5) is 17.1 Å². The standard InChI is InChI=1S/C26H21N3O3/c27-25(30)18-6-14-23(15-7-18)32-24-16-8-19(9-17-24)26(31)29-22-12-10-21(11-13-22)28-20-4-2-1-3-5-20/h1-17,28H,(H2,27,30)(H,29,31). The van der Waals surface area contributed by atoms with E-state index in [-0.39, 0.29) is 5.91 Å². The molecule has 4 N–H and O–H groups in total. The first-order valence-corrected chi connectivity index (χ1v) is 9.98. The quantitative estimate of drug-likeness (QED) is 0.362. The molecule has 2 amide bonds. The predicted molar refractivity (Wildman–Crippen MR) is 126 cm³/mol. The smallest absolute Gasteiger partial charge is 0.255 e. The first-order valence-electron chi connectivity index (χ1n) is 9.98. The molecule has 4 rings (SSSR count). The molecular formula is C26H21N3O3. The summed E-state index contributed by atoms with van der Waals surface area (Å²) in [6.45, 7) is 0. The molecule has 0 aliphatic carbocycles. The SMILES string of the molecule is NC(=O)c1ccc(Oc2ccc(C(=O)Nc3ccc(Nc4ccccc4)cc3)cc2)cc1. The molecule has 0 fully saturated rings. The third-order valence-electron chi connectivity index (χ3n) is 4.70. The Hall–Kier alpha value is -4.58. The van der Waals surface area contributed by atoms with Crippen molar-refractivity contribution in [2.24, 2.45) is 5.73 Å². The van der Waals surface area contributed by atoms with E-state index in [9.17, 15) is 9.59 Å². The van der Waals surface area contributed by atoms with Crippen LogP contribution in [0.2, 0.25) is 0 Å². The molecule has 0 heterocycles. The van der Waals surface area contributed by atoms with Crippen molar-refractivity contribution in [3.8, 4) is 11.5 Å². The molecule has 158 valence electrons. The average Bonchev–Trinajstić information content (AvgIpc) is 2.82. The molecule has 0 aliphatic rings. The summed E-state index contributed by atoms with van der Waals surface area (Å²) < 4.78 is 5.74. The third kappa shape index (κ3) is 5.31. The molecule has 0 aliphatic heterocycles. The highest BCUT2D eigenvalue weighted by Crippen LogP contribution is 2.23. The van der Waals surface area contributed by atoms with Crippen molar-refractivity contribution in [3.05, 3.63) is 114 Å². The van der Waals surface area contributed by atoms with Gasteiger partial charge in [0.15, 0.2) is 0 Å². The van der Waals surface area contributed by atoms with E-state index in [0.717, 1.165) is 11.4 Å². The zero-order valence-electron chi connectivity index (χ0n) is 17.1. The van der Waals surface area contributed by atoms with E-state index < -0.39 is 5.91 Å². The summed E-state index contributed by atoms with van der Waals surface area (Å²) >= 11 is 0. The number of para-hydroxylation sites is 1. The largest absolute Gasteiger partial charge is 0.457 e. The van der Waals surface area contributed by atoms with E-state index in [1.165, 1.54) is 0 Å². The van der Waals surface area contributed by atoms with Crippen molar-refractivity contribution >= 4 is 28.9 Å². The van der Waals surface area contributed by atoms with Gasteiger partial charge in [-0.2, -0.15) is 0 Å². The van der Waals surface area contributed by atoms with Crippen molar-refractivity contribution in [2.45, 2.75) is 0 Å². The topological polar surface area (TPSA) is 93.5 Å². The molecule has 0 spiro atoms. The Bertz CT molecular complexity index is 1200. The minimum atomic E-state index is -0.492. The first kappa shape index (κ1) is 20.7.